The van der Waals surface area contributed by atoms with Crippen molar-refractivity contribution in [3.05, 3.63) is 105 Å². The van der Waals surface area contributed by atoms with E-state index in [0.29, 0.717) is 34.0 Å². The van der Waals surface area contributed by atoms with E-state index in [2.05, 4.69) is 22.3 Å². The van der Waals surface area contributed by atoms with Gasteiger partial charge in [0.15, 0.2) is 0 Å². The largest absolute Gasteiger partial charge is 0.416 e. The maximum Gasteiger partial charge on any atom is 0.416 e. The molecular formula is C33H34Cl2F3N3O2. The summed E-state index contributed by atoms with van der Waals surface area (Å²) in [6.07, 6.45) is -1.72. The summed E-state index contributed by atoms with van der Waals surface area (Å²) >= 11 is 12.5. The zero-order valence-electron chi connectivity index (χ0n) is 23.8. The summed E-state index contributed by atoms with van der Waals surface area (Å²) in [6, 6.07) is 19.0. The van der Waals surface area contributed by atoms with Crippen molar-refractivity contribution in [1.82, 2.24) is 15.1 Å². The Morgan fingerprint density at radius 2 is 1.63 bits per heavy atom. The summed E-state index contributed by atoms with van der Waals surface area (Å²) in [5, 5.41) is 3.80. The zero-order chi connectivity index (χ0) is 30.8. The topological polar surface area (TPSA) is 52.7 Å². The van der Waals surface area contributed by atoms with Crippen molar-refractivity contribution < 1.29 is 22.8 Å². The number of halogens is 5. The Hall–Kier alpha value is -3.07. The van der Waals surface area contributed by atoms with Gasteiger partial charge in [-0.3, -0.25) is 14.5 Å². The molecular weight excluding hydrogens is 598 g/mol. The Kier molecular flexibility index (Phi) is 9.40. The maximum absolute atomic E-state index is 14.0. The van der Waals surface area contributed by atoms with E-state index < -0.39 is 23.2 Å². The number of hydrogen-bond donors (Lipinski definition) is 1. The van der Waals surface area contributed by atoms with Crippen LogP contribution in [0.1, 0.15) is 47.9 Å². The second-order valence-corrected chi connectivity index (χ2v) is 12.4. The van der Waals surface area contributed by atoms with Gasteiger partial charge in [-0.15, -0.1) is 0 Å². The van der Waals surface area contributed by atoms with Crippen LogP contribution in [0, 0.1) is 0 Å². The van der Waals surface area contributed by atoms with Crippen LogP contribution in [0.15, 0.2) is 72.8 Å². The van der Waals surface area contributed by atoms with E-state index in [1.54, 1.807) is 30.1 Å². The lowest BCUT2D eigenvalue weighted by Gasteiger charge is -2.38. The molecule has 1 aliphatic carbocycles. The second kappa shape index (κ2) is 12.9. The highest BCUT2D eigenvalue weighted by atomic mass is 35.5. The first-order chi connectivity index (χ1) is 20.5. The molecule has 1 heterocycles. The molecule has 2 fully saturated rings. The number of rotatable bonds is 9. The Bertz CT molecular complexity index is 1440. The van der Waals surface area contributed by atoms with E-state index >= 15 is 0 Å². The predicted octanol–water partition coefficient (Wildman–Crippen LogP) is 6.89. The number of carbonyl (C=O) groups excluding carboxylic acids is 2. The van der Waals surface area contributed by atoms with Crippen LogP contribution < -0.4 is 5.32 Å². The Labute approximate surface area is 260 Å². The number of amides is 2. The average Bonchev–Trinajstić information content (AvgIpc) is 3.79. The van der Waals surface area contributed by atoms with E-state index in [9.17, 15) is 22.8 Å². The molecule has 228 valence electrons. The summed E-state index contributed by atoms with van der Waals surface area (Å²) < 4.78 is 39.5. The smallest absolute Gasteiger partial charge is 0.343 e. The lowest BCUT2D eigenvalue weighted by atomic mass is 9.93. The highest BCUT2D eigenvalue weighted by molar-refractivity contribution is 6.35. The number of likely N-dealkylation sites (tertiary alicyclic amines) is 1. The van der Waals surface area contributed by atoms with Crippen molar-refractivity contribution in [1.29, 1.82) is 0 Å². The molecule has 2 aliphatic rings. The first-order valence-corrected chi connectivity index (χ1v) is 15.2. The van der Waals surface area contributed by atoms with E-state index in [-0.39, 0.29) is 24.3 Å². The fourth-order valence-electron chi connectivity index (χ4n) is 5.92. The van der Waals surface area contributed by atoms with Crippen molar-refractivity contribution in [2.75, 3.05) is 20.1 Å². The number of carbonyl (C=O) groups is 2. The molecule has 2 amide bonds. The Morgan fingerprint density at radius 3 is 2.21 bits per heavy atom. The highest BCUT2D eigenvalue weighted by Gasteiger charge is 2.53. The van der Waals surface area contributed by atoms with Gasteiger partial charge in [0, 0.05) is 49.2 Å². The molecule has 0 bridgehead atoms. The highest BCUT2D eigenvalue weighted by Crippen LogP contribution is 2.51. The number of piperidine rings is 1. The van der Waals surface area contributed by atoms with Gasteiger partial charge in [-0.2, -0.15) is 13.2 Å². The molecule has 0 aromatic heterocycles. The normalized spacial score (nSPS) is 17.7. The molecule has 10 heteroatoms. The molecule has 1 N–H and O–H groups in total. The van der Waals surface area contributed by atoms with E-state index in [1.807, 2.05) is 18.2 Å². The molecule has 1 saturated heterocycles. The van der Waals surface area contributed by atoms with Crippen LogP contribution in [0.4, 0.5) is 13.2 Å². The van der Waals surface area contributed by atoms with Gasteiger partial charge in [0.25, 0.3) is 0 Å². The summed E-state index contributed by atoms with van der Waals surface area (Å²) in [6.45, 7) is 2.49. The number of nitrogens with zero attached hydrogens (tertiary/aromatic N) is 2. The molecule has 5 rings (SSSR count). The standard InChI is InChI=1S/C33H34Cl2F3N3O2/c1-40(26-13-17-41(18-14-26)21-23-5-3-2-4-6-23)30(42)29(19-22-7-9-24(10-8-22)33(36,37)38)39-31(43)32(15-16-32)27-12-11-25(34)20-28(27)35/h2-12,20,26,29H,13-19,21H2,1H3,(H,39,43)/t29-/m0/s1. The molecule has 1 aliphatic heterocycles. The fraction of sp³-hybridized carbons (Fsp3) is 0.394. The molecule has 0 unspecified atom stereocenters. The quantitative estimate of drug-likeness (QED) is 0.280. The SMILES string of the molecule is CN(C(=O)[C@H](Cc1ccc(C(F)(F)F)cc1)NC(=O)C1(c2ccc(Cl)cc2Cl)CC1)C1CCN(Cc2ccccc2)CC1. The van der Waals surface area contributed by atoms with Crippen molar-refractivity contribution >= 4 is 35.0 Å². The van der Waals surface area contributed by atoms with Gasteiger partial charge in [-0.25, -0.2) is 0 Å². The minimum Gasteiger partial charge on any atom is -0.343 e. The molecule has 0 spiro atoms. The zero-order valence-corrected chi connectivity index (χ0v) is 25.4. The number of hydrogen-bond acceptors (Lipinski definition) is 3. The van der Waals surface area contributed by atoms with Crippen LogP contribution in [0.25, 0.3) is 0 Å². The minimum absolute atomic E-state index is 0.0212. The van der Waals surface area contributed by atoms with Crippen molar-refractivity contribution in [2.24, 2.45) is 0 Å². The second-order valence-electron chi connectivity index (χ2n) is 11.6. The summed E-state index contributed by atoms with van der Waals surface area (Å²) in [5.74, 6) is -0.596. The first kappa shape index (κ1) is 31.4. The molecule has 3 aromatic rings. The van der Waals surface area contributed by atoms with Gasteiger partial charge in [0.2, 0.25) is 11.8 Å². The van der Waals surface area contributed by atoms with Crippen molar-refractivity contribution in [2.45, 2.75) is 62.3 Å². The third-order valence-electron chi connectivity index (χ3n) is 8.66. The summed E-state index contributed by atoms with van der Waals surface area (Å²) in [4.78, 5) is 31.8. The lowest BCUT2D eigenvalue weighted by molar-refractivity contribution is -0.138. The summed E-state index contributed by atoms with van der Waals surface area (Å²) in [7, 11) is 1.74. The van der Waals surface area contributed by atoms with Crippen LogP contribution in [-0.2, 0) is 34.1 Å². The molecule has 1 saturated carbocycles. The molecule has 43 heavy (non-hydrogen) atoms. The van der Waals surface area contributed by atoms with Gasteiger partial charge < -0.3 is 10.2 Å². The minimum atomic E-state index is -4.46. The van der Waals surface area contributed by atoms with Crippen molar-refractivity contribution in [3.8, 4) is 0 Å². The van der Waals surface area contributed by atoms with Gasteiger partial charge in [-0.1, -0.05) is 71.7 Å². The number of alkyl halides is 3. The number of benzene rings is 3. The predicted molar refractivity (Wildman–Crippen MR) is 162 cm³/mol. The fourth-order valence-corrected chi connectivity index (χ4v) is 6.50. The number of likely N-dealkylation sites (N-methyl/N-ethyl adjacent to an activating group) is 1. The van der Waals surface area contributed by atoms with Crippen LogP contribution in [-0.4, -0.2) is 53.8 Å². The van der Waals surface area contributed by atoms with Crippen molar-refractivity contribution in [3.63, 3.8) is 0 Å². The molecule has 0 radical (unpaired) electrons. The maximum atomic E-state index is 14.0. The Balaban J connectivity index is 1.31. The van der Waals surface area contributed by atoms with Crippen LogP contribution in [0.2, 0.25) is 10.0 Å². The first-order valence-electron chi connectivity index (χ1n) is 14.4. The monoisotopic (exact) mass is 631 g/mol. The van der Waals surface area contributed by atoms with E-state index in [1.165, 1.54) is 17.7 Å². The third kappa shape index (κ3) is 7.36. The number of nitrogens with one attached hydrogen (secondary N) is 1. The molecule has 1 atom stereocenters. The average molecular weight is 633 g/mol. The van der Waals surface area contributed by atoms with Gasteiger partial charge in [-0.05, 0) is 66.6 Å². The summed E-state index contributed by atoms with van der Waals surface area (Å²) in [5.41, 5.74) is 0.765. The molecule has 3 aromatic carbocycles. The lowest BCUT2D eigenvalue weighted by Crippen LogP contribution is -2.54. The third-order valence-corrected chi connectivity index (χ3v) is 9.21. The molecule has 5 nitrogen and oxygen atoms in total. The van der Waals surface area contributed by atoms with Gasteiger partial charge in [0.1, 0.15) is 6.04 Å². The van der Waals surface area contributed by atoms with Gasteiger partial charge in [0.05, 0.1) is 11.0 Å². The van der Waals surface area contributed by atoms with Crippen LogP contribution in [0.3, 0.4) is 0 Å². The van der Waals surface area contributed by atoms with E-state index in [0.717, 1.165) is 44.6 Å². The Morgan fingerprint density at radius 1 is 0.977 bits per heavy atom. The van der Waals surface area contributed by atoms with Crippen LogP contribution >= 0.6 is 23.2 Å². The van der Waals surface area contributed by atoms with E-state index in [4.69, 9.17) is 23.2 Å². The van der Waals surface area contributed by atoms with Crippen LogP contribution in [0.5, 0.6) is 0 Å². The van der Waals surface area contributed by atoms with Gasteiger partial charge >= 0.3 is 6.18 Å².